The lowest BCUT2D eigenvalue weighted by Gasteiger charge is -2.15. The molecule has 8 heteroatoms. The Bertz CT molecular complexity index is 597. The molecular formula is C13H21N3O4S. The van der Waals surface area contributed by atoms with Gasteiger partial charge in [-0.2, -0.15) is 0 Å². The number of methoxy groups -OCH3 is 1. The number of nitrogens with two attached hydrogens (primary N) is 1. The number of rotatable bonds is 7. The third kappa shape index (κ3) is 4.50. The number of sulfonamides is 1. The number of ether oxygens (including phenoxy) is 1. The van der Waals surface area contributed by atoms with E-state index in [1.807, 2.05) is 0 Å². The normalized spacial score (nSPS) is 13.0. The Balaban J connectivity index is 2.96. The maximum Gasteiger partial charge on any atom is 0.240 e. The molecule has 0 aromatic heterocycles. The molecule has 21 heavy (non-hydrogen) atoms. The summed E-state index contributed by atoms with van der Waals surface area (Å²) in [5.74, 6) is -0.283. The third-order valence-electron chi connectivity index (χ3n) is 3.13. The molecule has 0 aliphatic rings. The van der Waals surface area contributed by atoms with Crippen molar-refractivity contribution in [2.75, 3.05) is 26.0 Å². The molecule has 0 aliphatic carbocycles. The summed E-state index contributed by atoms with van der Waals surface area (Å²) in [7, 11) is -0.745. The highest BCUT2D eigenvalue weighted by atomic mass is 32.2. The summed E-state index contributed by atoms with van der Waals surface area (Å²) in [5.41, 5.74) is 6.38. The van der Waals surface area contributed by atoms with Gasteiger partial charge in [-0.15, -0.1) is 0 Å². The molecule has 0 saturated heterocycles. The maximum atomic E-state index is 11.9. The number of anilines is 1. The van der Waals surface area contributed by atoms with Gasteiger partial charge in [-0.3, -0.25) is 4.79 Å². The SMILES string of the molecule is CNS(=O)(=O)c1cccc(NC(=O)CC(CN)OC)c1C. The molecule has 0 saturated carbocycles. The summed E-state index contributed by atoms with van der Waals surface area (Å²) in [6.07, 6.45) is -0.260. The number of nitrogens with one attached hydrogen (secondary N) is 2. The zero-order valence-corrected chi connectivity index (χ0v) is 13.2. The average Bonchev–Trinajstić information content (AvgIpc) is 2.46. The van der Waals surface area contributed by atoms with E-state index in [9.17, 15) is 13.2 Å². The summed E-state index contributed by atoms with van der Waals surface area (Å²) in [6, 6.07) is 4.70. The highest BCUT2D eigenvalue weighted by Gasteiger charge is 2.18. The van der Waals surface area contributed by atoms with Crippen molar-refractivity contribution < 1.29 is 17.9 Å². The first kappa shape index (κ1) is 17.6. The molecule has 7 nitrogen and oxygen atoms in total. The Morgan fingerprint density at radius 2 is 2.10 bits per heavy atom. The zero-order chi connectivity index (χ0) is 16.0. The van der Waals surface area contributed by atoms with E-state index in [0.29, 0.717) is 11.3 Å². The van der Waals surface area contributed by atoms with Crippen LogP contribution in [0.4, 0.5) is 5.69 Å². The second-order valence-electron chi connectivity index (χ2n) is 4.48. The van der Waals surface area contributed by atoms with Gasteiger partial charge in [0, 0.05) is 19.3 Å². The zero-order valence-electron chi connectivity index (χ0n) is 12.3. The Hall–Kier alpha value is -1.48. The van der Waals surface area contributed by atoms with E-state index in [0.717, 1.165) is 0 Å². The van der Waals surface area contributed by atoms with E-state index in [2.05, 4.69) is 10.0 Å². The Kier molecular flexibility index (Phi) is 6.28. The molecule has 1 rings (SSSR count). The second-order valence-corrected chi connectivity index (χ2v) is 6.34. The van der Waals surface area contributed by atoms with Crippen LogP contribution in [0.3, 0.4) is 0 Å². The van der Waals surface area contributed by atoms with E-state index in [-0.39, 0.29) is 29.9 Å². The van der Waals surface area contributed by atoms with Gasteiger partial charge >= 0.3 is 0 Å². The van der Waals surface area contributed by atoms with Crippen LogP contribution in [-0.2, 0) is 19.6 Å². The smallest absolute Gasteiger partial charge is 0.240 e. The third-order valence-corrected chi connectivity index (χ3v) is 4.68. The van der Waals surface area contributed by atoms with Gasteiger partial charge in [0.05, 0.1) is 17.4 Å². The van der Waals surface area contributed by atoms with Crippen LogP contribution < -0.4 is 15.8 Å². The van der Waals surface area contributed by atoms with E-state index in [1.165, 1.54) is 20.2 Å². The number of benzene rings is 1. The van der Waals surface area contributed by atoms with Crippen LogP contribution in [0.15, 0.2) is 23.1 Å². The molecule has 1 atom stereocenters. The minimum atomic E-state index is -3.57. The van der Waals surface area contributed by atoms with Crippen molar-refractivity contribution in [1.29, 1.82) is 0 Å². The minimum absolute atomic E-state index is 0.107. The van der Waals surface area contributed by atoms with Crippen molar-refractivity contribution in [3.63, 3.8) is 0 Å². The lowest BCUT2D eigenvalue weighted by atomic mass is 10.2. The monoisotopic (exact) mass is 315 g/mol. The van der Waals surface area contributed by atoms with Crippen molar-refractivity contribution in [2.45, 2.75) is 24.3 Å². The quantitative estimate of drug-likeness (QED) is 0.666. The van der Waals surface area contributed by atoms with Gasteiger partial charge in [0.15, 0.2) is 0 Å². The summed E-state index contributed by atoms with van der Waals surface area (Å²) >= 11 is 0. The lowest BCUT2D eigenvalue weighted by Crippen LogP contribution is -2.28. The predicted octanol–water partition coefficient (Wildman–Crippen LogP) is 0.205. The summed E-state index contributed by atoms with van der Waals surface area (Å²) < 4.78 is 31.0. The van der Waals surface area contributed by atoms with Gasteiger partial charge in [-0.1, -0.05) is 6.07 Å². The number of carbonyl (C=O) groups excluding carboxylic acids is 1. The molecular weight excluding hydrogens is 294 g/mol. The van der Waals surface area contributed by atoms with Crippen molar-refractivity contribution >= 4 is 21.6 Å². The Morgan fingerprint density at radius 3 is 2.62 bits per heavy atom. The molecule has 0 bridgehead atoms. The molecule has 0 aliphatic heterocycles. The minimum Gasteiger partial charge on any atom is -0.380 e. The first-order valence-corrected chi connectivity index (χ1v) is 7.90. The van der Waals surface area contributed by atoms with Crippen LogP contribution in [0.5, 0.6) is 0 Å². The predicted molar refractivity (Wildman–Crippen MR) is 80.5 cm³/mol. The molecule has 0 heterocycles. The number of hydrogen-bond acceptors (Lipinski definition) is 5. The van der Waals surface area contributed by atoms with Gasteiger partial charge < -0.3 is 15.8 Å². The molecule has 0 spiro atoms. The number of amides is 1. The highest BCUT2D eigenvalue weighted by Crippen LogP contribution is 2.23. The summed E-state index contributed by atoms with van der Waals surface area (Å²) in [6.45, 7) is 1.87. The molecule has 1 amide bonds. The average molecular weight is 315 g/mol. The second kappa shape index (κ2) is 7.51. The maximum absolute atomic E-state index is 11.9. The van der Waals surface area contributed by atoms with Crippen LogP contribution in [0.25, 0.3) is 0 Å². The number of carbonyl (C=O) groups is 1. The molecule has 0 radical (unpaired) electrons. The van der Waals surface area contributed by atoms with Crippen LogP contribution >= 0.6 is 0 Å². The fourth-order valence-corrected chi connectivity index (χ4v) is 2.81. The first-order chi connectivity index (χ1) is 9.85. The largest absolute Gasteiger partial charge is 0.380 e. The van der Waals surface area contributed by atoms with Gasteiger partial charge in [0.1, 0.15) is 0 Å². The highest BCUT2D eigenvalue weighted by molar-refractivity contribution is 7.89. The van der Waals surface area contributed by atoms with Crippen molar-refractivity contribution in [2.24, 2.45) is 5.73 Å². The molecule has 118 valence electrons. The molecule has 1 aromatic carbocycles. The van der Waals surface area contributed by atoms with Crippen molar-refractivity contribution in [3.05, 3.63) is 23.8 Å². The van der Waals surface area contributed by atoms with Crippen LogP contribution in [-0.4, -0.2) is 41.1 Å². The van der Waals surface area contributed by atoms with Crippen molar-refractivity contribution in [1.82, 2.24) is 4.72 Å². The standard InChI is InChI=1S/C13H21N3O4S/c1-9-11(16-13(17)7-10(8-14)20-3)5-4-6-12(9)21(18,19)15-2/h4-6,10,15H,7-8,14H2,1-3H3,(H,16,17). The van der Waals surface area contributed by atoms with E-state index < -0.39 is 10.0 Å². The van der Waals surface area contributed by atoms with Gasteiger partial charge in [-0.05, 0) is 31.7 Å². The van der Waals surface area contributed by atoms with Crippen LogP contribution in [0, 0.1) is 6.92 Å². The van der Waals surface area contributed by atoms with Gasteiger partial charge in [0.25, 0.3) is 0 Å². The van der Waals surface area contributed by atoms with Crippen LogP contribution in [0.2, 0.25) is 0 Å². The summed E-state index contributed by atoms with van der Waals surface area (Å²) in [4.78, 5) is 12.0. The topological polar surface area (TPSA) is 111 Å². The van der Waals surface area contributed by atoms with E-state index in [4.69, 9.17) is 10.5 Å². The summed E-state index contributed by atoms with van der Waals surface area (Å²) in [5, 5.41) is 2.68. The lowest BCUT2D eigenvalue weighted by molar-refractivity contribution is -0.118. The molecule has 1 unspecified atom stereocenters. The Labute approximate surface area is 124 Å². The van der Waals surface area contributed by atoms with E-state index in [1.54, 1.807) is 19.1 Å². The fraction of sp³-hybridized carbons (Fsp3) is 0.462. The first-order valence-electron chi connectivity index (χ1n) is 6.41. The Morgan fingerprint density at radius 1 is 1.43 bits per heavy atom. The van der Waals surface area contributed by atoms with E-state index >= 15 is 0 Å². The molecule has 1 aromatic rings. The van der Waals surface area contributed by atoms with Gasteiger partial charge in [0.2, 0.25) is 15.9 Å². The number of hydrogen-bond donors (Lipinski definition) is 3. The fourth-order valence-electron chi connectivity index (χ4n) is 1.82. The molecule has 0 fully saturated rings. The van der Waals surface area contributed by atoms with Crippen molar-refractivity contribution in [3.8, 4) is 0 Å². The van der Waals surface area contributed by atoms with Gasteiger partial charge in [-0.25, -0.2) is 13.1 Å². The van der Waals surface area contributed by atoms with Crippen LogP contribution in [0.1, 0.15) is 12.0 Å². The molecule has 4 N–H and O–H groups in total.